The van der Waals surface area contributed by atoms with Crippen LogP contribution in [0.5, 0.6) is 0 Å². The second-order valence-corrected chi connectivity index (χ2v) is 7.36. The van der Waals surface area contributed by atoms with Crippen LogP contribution >= 0.6 is 27.5 Å². The molecule has 3 heterocycles. The largest absolute Gasteiger partial charge is 0.355 e. The Labute approximate surface area is 146 Å². The van der Waals surface area contributed by atoms with Crippen molar-refractivity contribution >= 4 is 39.3 Å². The fourth-order valence-electron chi connectivity index (χ4n) is 3.11. The van der Waals surface area contributed by atoms with Crippen LogP contribution in [-0.4, -0.2) is 47.9 Å². The molecule has 2 aliphatic rings. The SMILES string of the molecule is O=C(C1CCN(c2ncc(Cl)cc2Br)C1)N1CCC(F)(F)CC1. The van der Waals surface area contributed by atoms with Crippen LogP contribution in [-0.2, 0) is 4.79 Å². The predicted octanol–water partition coefficient (Wildman–Crippen LogP) is 3.58. The Morgan fingerprint density at radius 2 is 2.04 bits per heavy atom. The van der Waals surface area contributed by atoms with Gasteiger partial charge in [0, 0.05) is 45.2 Å². The number of hydrogen-bond acceptors (Lipinski definition) is 3. The molecule has 1 unspecified atom stereocenters. The van der Waals surface area contributed by atoms with Gasteiger partial charge in [-0.1, -0.05) is 11.6 Å². The van der Waals surface area contributed by atoms with Gasteiger partial charge in [-0.25, -0.2) is 13.8 Å². The molecule has 1 aromatic heterocycles. The van der Waals surface area contributed by atoms with Crippen molar-refractivity contribution in [3.63, 3.8) is 0 Å². The van der Waals surface area contributed by atoms with Crippen molar-refractivity contribution in [3.05, 3.63) is 21.8 Å². The highest BCUT2D eigenvalue weighted by Gasteiger charge is 2.39. The lowest BCUT2D eigenvalue weighted by molar-refractivity contribution is -0.140. The molecule has 126 valence electrons. The summed E-state index contributed by atoms with van der Waals surface area (Å²) in [6, 6.07) is 1.77. The number of pyridine rings is 1. The van der Waals surface area contributed by atoms with Gasteiger partial charge in [0.1, 0.15) is 5.82 Å². The number of rotatable bonds is 2. The molecule has 0 spiro atoms. The van der Waals surface area contributed by atoms with Crippen LogP contribution in [0.3, 0.4) is 0 Å². The fourth-order valence-corrected chi connectivity index (χ4v) is 4.00. The molecular formula is C15H17BrClF2N3O. The van der Waals surface area contributed by atoms with E-state index in [2.05, 4.69) is 20.9 Å². The molecule has 0 N–H and O–H groups in total. The van der Waals surface area contributed by atoms with Gasteiger partial charge in [-0.3, -0.25) is 4.79 Å². The van der Waals surface area contributed by atoms with Gasteiger partial charge < -0.3 is 9.80 Å². The molecule has 1 amide bonds. The Morgan fingerprint density at radius 1 is 1.35 bits per heavy atom. The standard InChI is InChI=1S/C15H17BrClF2N3O/c16-12-7-11(17)8-20-13(12)22-4-1-10(9-22)14(23)21-5-2-15(18,19)3-6-21/h7-8,10H,1-6,9H2. The van der Waals surface area contributed by atoms with E-state index in [1.807, 2.05) is 4.90 Å². The topological polar surface area (TPSA) is 36.4 Å². The molecule has 2 saturated heterocycles. The van der Waals surface area contributed by atoms with Crippen molar-refractivity contribution in [1.82, 2.24) is 9.88 Å². The van der Waals surface area contributed by atoms with Crippen LogP contribution < -0.4 is 4.90 Å². The van der Waals surface area contributed by atoms with Crippen LogP contribution in [0.15, 0.2) is 16.7 Å². The number of piperidine rings is 1. The highest BCUT2D eigenvalue weighted by atomic mass is 79.9. The lowest BCUT2D eigenvalue weighted by Crippen LogP contribution is -2.45. The van der Waals surface area contributed by atoms with E-state index in [9.17, 15) is 13.6 Å². The summed E-state index contributed by atoms with van der Waals surface area (Å²) in [7, 11) is 0. The van der Waals surface area contributed by atoms with Gasteiger partial charge in [-0.2, -0.15) is 0 Å². The number of carbonyl (C=O) groups excluding carboxylic acids is 1. The molecule has 0 bridgehead atoms. The molecule has 0 aliphatic carbocycles. The van der Waals surface area contributed by atoms with Gasteiger partial charge in [0.15, 0.2) is 0 Å². The first-order valence-electron chi connectivity index (χ1n) is 7.58. The van der Waals surface area contributed by atoms with Crippen molar-refractivity contribution in [2.45, 2.75) is 25.2 Å². The third kappa shape index (κ3) is 3.76. The summed E-state index contributed by atoms with van der Waals surface area (Å²) in [6.07, 6.45) is 1.81. The summed E-state index contributed by atoms with van der Waals surface area (Å²) in [5.41, 5.74) is 0. The van der Waals surface area contributed by atoms with Crippen molar-refractivity contribution in [2.75, 3.05) is 31.1 Å². The van der Waals surface area contributed by atoms with Gasteiger partial charge in [-0.05, 0) is 28.4 Å². The lowest BCUT2D eigenvalue weighted by Gasteiger charge is -2.33. The fraction of sp³-hybridized carbons (Fsp3) is 0.600. The van der Waals surface area contributed by atoms with Crippen LogP contribution in [0.2, 0.25) is 5.02 Å². The van der Waals surface area contributed by atoms with Gasteiger partial charge in [0.05, 0.1) is 15.4 Å². The molecule has 8 heteroatoms. The third-order valence-corrected chi connectivity index (χ3v) is 5.22. The number of anilines is 1. The Balaban J connectivity index is 1.62. The van der Waals surface area contributed by atoms with Crippen molar-refractivity contribution in [3.8, 4) is 0 Å². The number of amides is 1. The first-order chi connectivity index (χ1) is 10.9. The summed E-state index contributed by atoms with van der Waals surface area (Å²) >= 11 is 9.33. The number of carbonyl (C=O) groups is 1. The normalized spacial score (nSPS) is 24.1. The van der Waals surface area contributed by atoms with Crippen LogP contribution in [0.25, 0.3) is 0 Å². The van der Waals surface area contributed by atoms with E-state index >= 15 is 0 Å². The zero-order valence-corrected chi connectivity index (χ0v) is 14.8. The molecule has 2 aliphatic heterocycles. The number of hydrogen-bond donors (Lipinski definition) is 0. The monoisotopic (exact) mass is 407 g/mol. The van der Waals surface area contributed by atoms with Gasteiger partial charge >= 0.3 is 0 Å². The lowest BCUT2D eigenvalue weighted by atomic mass is 10.0. The molecular weight excluding hydrogens is 392 g/mol. The van der Waals surface area contributed by atoms with E-state index in [0.29, 0.717) is 24.5 Å². The summed E-state index contributed by atoms with van der Waals surface area (Å²) in [5.74, 6) is -2.05. The van der Waals surface area contributed by atoms with E-state index in [1.165, 1.54) is 0 Å². The Bertz CT molecular complexity index is 606. The average molecular weight is 409 g/mol. The van der Waals surface area contributed by atoms with Crippen molar-refractivity contribution < 1.29 is 13.6 Å². The predicted molar refractivity (Wildman–Crippen MR) is 88.0 cm³/mol. The number of likely N-dealkylation sites (tertiary alicyclic amines) is 1. The van der Waals surface area contributed by atoms with Crippen LogP contribution in [0.4, 0.5) is 14.6 Å². The molecule has 1 atom stereocenters. The maximum Gasteiger partial charge on any atom is 0.251 e. The van der Waals surface area contributed by atoms with Gasteiger partial charge in [0.2, 0.25) is 5.91 Å². The second-order valence-electron chi connectivity index (χ2n) is 6.07. The minimum absolute atomic E-state index is 0.0203. The molecule has 23 heavy (non-hydrogen) atoms. The summed E-state index contributed by atoms with van der Waals surface area (Å²) in [4.78, 5) is 20.4. The number of halogens is 4. The average Bonchev–Trinajstić information content (AvgIpc) is 2.96. The van der Waals surface area contributed by atoms with E-state index < -0.39 is 5.92 Å². The maximum absolute atomic E-state index is 13.2. The Morgan fingerprint density at radius 3 is 2.70 bits per heavy atom. The first-order valence-corrected chi connectivity index (χ1v) is 8.75. The highest BCUT2D eigenvalue weighted by molar-refractivity contribution is 9.10. The molecule has 0 saturated carbocycles. The molecule has 0 aromatic carbocycles. The minimum Gasteiger partial charge on any atom is -0.355 e. The summed E-state index contributed by atoms with van der Waals surface area (Å²) < 4.78 is 27.2. The molecule has 0 radical (unpaired) electrons. The van der Waals surface area contributed by atoms with E-state index in [0.717, 1.165) is 10.3 Å². The van der Waals surface area contributed by atoms with E-state index in [1.54, 1.807) is 17.2 Å². The smallest absolute Gasteiger partial charge is 0.251 e. The molecule has 4 nitrogen and oxygen atoms in total. The van der Waals surface area contributed by atoms with E-state index in [4.69, 9.17) is 11.6 Å². The van der Waals surface area contributed by atoms with E-state index in [-0.39, 0.29) is 37.8 Å². The van der Waals surface area contributed by atoms with Crippen molar-refractivity contribution in [2.24, 2.45) is 5.92 Å². The zero-order valence-electron chi connectivity index (χ0n) is 12.4. The quantitative estimate of drug-likeness (QED) is 0.750. The maximum atomic E-state index is 13.2. The first kappa shape index (κ1) is 16.9. The molecule has 2 fully saturated rings. The molecule has 1 aromatic rings. The zero-order chi connectivity index (χ0) is 16.6. The minimum atomic E-state index is -2.63. The Kier molecular flexibility index (Phi) is 4.78. The van der Waals surface area contributed by atoms with Gasteiger partial charge in [0.25, 0.3) is 5.92 Å². The summed E-state index contributed by atoms with van der Waals surface area (Å²) in [5, 5.41) is 0.543. The van der Waals surface area contributed by atoms with Crippen molar-refractivity contribution in [1.29, 1.82) is 0 Å². The van der Waals surface area contributed by atoms with Crippen LogP contribution in [0, 0.1) is 5.92 Å². The molecule has 3 rings (SSSR count). The van der Waals surface area contributed by atoms with Gasteiger partial charge in [-0.15, -0.1) is 0 Å². The number of aromatic nitrogens is 1. The second kappa shape index (κ2) is 6.51. The summed E-state index contributed by atoms with van der Waals surface area (Å²) in [6.45, 7) is 1.56. The number of alkyl halides is 2. The highest BCUT2D eigenvalue weighted by Crippen LogP contribution is 2.33. The van der Waals surface area contributed by atoms with Crippen LogP contribution in [0.1, 0.15) is 19.3 Å². The Hall–Kier alpha value is -0.950. The number of nitrogens with zero attached hydrogens (tertiary/aromatic N) is 3. The third-order valence-electron chi connectivity index (χ3n) is 4.43.